The van der Waals surface area contributed by atoms with Crippen molar-refractivity contribution in [1.29, 1.82) is 0 Å². The summed E-state index contributed by atoms with van der Waals surface area (Å²) in [6, 6.07) is 9.78. The van der Waals surface area contributed by atoms with E-state index in [1.54, 1.807) is 18.2 Å². The molecule has 10 heteroatoms. The molecule has 1 aliphatic rings. The van der Waals surface area contributed by atoms with Gasteiger partial charge in [-0.15, -0.1) is 0 Å². The molecular formula is C25H26Cl2FN5O2. The fourth-order valence-electron chi connectivity index (χ4n) is 3.93. The summed E-state index contributed by atoms with van der Waals surface area (Å²) < 4.78 is 19.4. The summed E-state index contributed by atoms with van der Waals surface area (Å²) in [5.74, 6) is -0.449. The minimum absolute atomic E-state index is 0.0376. The number of nitrogen functional groups attached to an aromatic ring is 1. The topological polar surface area (TPSA) is 93.4 Å². The van der Waals surface area contributed by atoms with E-state index in [0.29, 0.717) is 34.0 Å². The lowest BCUT2D eigenvalue weighted by molar-refractivity contribution is 0.0950. The van der Waals surface area contributed by atoms with Crippen molar-refractivity contribution in [1.82, 2.24) is 20.2 Å². The van der Waals surface area contributed by atoms with Crippen molar-refractivity contribution >= 4 is 34.9 Å². The van der Waals surface area contributed by atoms with Gasteiger partial charge in [0.25, 0.3) is 11.8 Å². The van der Waals surface area contributed by atoms with Gasteiger partial charge < -0.3 is 20.7 Å². The number of carbonyl (C=O) groups excluding carboxylic acids is 1. The Bertz CT molecular complexity index is 1200. The van der Waals surface area contributed by atoms with Crippen molar-refractivity contribution in [2.75, 3.05) is 38.5 Å². The number of rotatable bonds is 9. The van der Waals surface area contributed by atoms with Crippen LogP contribution in [0.25, 0.3) is 11.3 Å². The number of nitrogens with two attached hydrogens (primary N) is 1. The Morgan fingerprint density at radius 1 is 1.20 bits per heavy atom. The first-order chi connectivity index (χ1) is 16.9. The first-order valence-electron chi connectivity index (χ1n) is 11.4. The highest BCUT2D eigenvalue weighted by Gasteiger charge is 2.15. The quantitative estimate of drug-likeness (QED) is 0.402. The van der Waals surface area contributed by atoms with Crippen LogP contribution >= 0.6 is 23.2 Å². The highest BCUT2D eigenvalue weighted by molar-refractivity contribution is 6.36. The van der Waals surface area contributed by atoms with Gasteiger partial charge in [-0.1, -0.05) is 35.3 Å². The number of ether oxygens (including phenoxy) is 1. The average Bonchev–Trinajstić information content (AvgIpc) is 3.38. The lowest BCUT2D eigenvalue weighted by Gasteiger charge is -2.15. The Balaban J connectivity index is 1.40. The van der Waals surface area contributed by atoms with Crippen LogP contribution < -0.4 is 15.8 Å². The standard InChI is InChI=1S/C25H26Cl2FN5O2/c26-19-6-7-20(28)22(27)18(19)8-13-35-25-23(29)31-15-21(32-25)16-4-3-5-17(14-16)24(34)30-9-12-33-10-1-2-11-33/h3-7,14-15H,1-2,8-13H2,(H2,29,31)(H,30,34). The number of nitrogens with one attached hydrogen (secondary N) is 1. The van der Waals surface area contributed by atoms with Gasteiger partial charge in [-0.2, -0.15) is 0 Å². The third-order valence-corrected chi connectivity index (χ3v) is 6.59. The van der Waals surface area contributed by atoms with E-state index < -0.39 is 5.82 Å². The van der Waals surface area contributed by atoms with Crippen LogP contribution in [-0.2, 0) is 6.42 Å². The van der Waals surface area contributed by atoms with Crippen molar-refractivity contribution < 1.29 is 13.9 Å². The predicted molar refractivity (Wildman–Crippen MR) is 136 cm³/mol. The molecule has 0 saturated carbocycles. The highest BCUT2D eigenvalue weighted by Crippen LogP contribution is 2.28. The average molecular weight is 518 g/mol. The first kappa shape index (κ1) is 25.2. The molecule has 0 radical (unpaired) electrons. The van der Waals surface area contributed by atoms with E-state index in [0.717, 1.165) is 19.6 Å². The van der Waals surface area contributed by atoms with Crippen LogP contribution in [0.15, 0.2) is 42.6 Å². The van der Waals surface area contributed by atoms with Crippen molar-refractivity contribution in [2.24, 2.45) is 0 Å². The van der Waals surface area contributed by atoms with Crippen LogP contribution in [0.4, 0.5) is 10.2 Å². The number of benzene rings is 2. The number of hydrogen-bond donors (Lipinski definition) is 2. The molecule has 0 unspecified atom stereocenters. The maximum absolute atomic E-state index is 13.7. The summed E-state index contributed by atoms with van der Waals surface area (Å²) in [5.41, 5.74) is 8.11. The zero-order valence-corrected chi connectivity index (χ0v) is 20.6. The fourth-order valence-corrected chi connectivity index (χ4v) is 4.49. The van der Waals surface area contributed by atoms with E-state index in [1.165, 1.54) is 31.2 Å². The van der Waals surface area contributed by atoms with Crippen LogP contribution in [0.3, 0.4) is 0 Å². The third kappa shape index (κ3) is 6.39. The van der Waals surface area contributed by atoms with E-state index >= 15 is 0 Å². The lowest BCUT2D eigenvalue weighted by atomic mass is 10.1. The van der Waals surface area contributed by atoms with Crippen LogP contribution in [0.2, 0.25) is 10.0 Å². The number of aromatic nitrogens is 2. The molecule has 2 aromatic carbocycles. The first-order valence-corrected chi connectivity index (χ1v) is 12.2. The van der Waals surface area contributed by atoms with E-state index in [2.05, 4.69) is 20.2 Å². The van der Waals surface area contributed by atoms with E-state index in [9.17, 15) is 9.18 Å². The monoisotopic (exact) mass is 517 g/mol. The second-order valence-electron chi connectivity index (χ2n) is 8.25. The van der Waals surface area contributed by atoms with Gasteiger partial charge in [0.05, 0.1) is 23.5 Å². The van der Waals surface area contributed by atoms with Crippen LogP contribution in [0.5, 0.6) is 5.88 Å². The Hall–Kier alpha value is -2.94. The van der Waals surface area contributed by atoms with Gasteiger partial charge in [-0.25, -0.2) is 14.4 Å². The number of nitrogens with zero attached hydrogens (tertiary/aromatic N) is 3. The molecule has 0 bridgehead atoms. The Kier molecular flexibility index (Phi) is 8.38. The number of halogens is 3. The van der Waals surface area contributed by atoms with E-state index in [1.807, 2.05) is 6.07 Å². The van der Waals surface area contributed by atoms with Gasteiger partial charge in [-0.05, 0) is 55.8 Å². The summed E-state index contributed by atoms with van der Waals surface area (Å²) in [7, 11) is 0. The maximum Gasteiger partial charge on any atom is 0.257 e. The normalized spacial score (nSPS) is 13.7. The molecular weight excluding hydrogens is 492 g/mol. The molecule has 184 valence electrons. The smallest absolute Gasteiger partial charge is 0.257 e. The molecule has 0 atom stereocenters. The fraction of sp³-hybridized carbons (Fsp3) is 0.320. The second kappa shape index (κ2) is 11.7. The Morgan fingerprint density at radius 3 is 2.80 bits per heavy atom. The van der Waals surface area contributed by atoms with Gasteiger partial charge in [0.2, 0.25) is 0 Å². The van der Waals surface area contributed by atoms with E-state index in [4.69, 9.17) is 33.7 Å². The molecule has 1 fully saturated rings. The zero-order chi connectivity index (χ0) is 24.8. The van der Waals surface area contributed by atoms with Crippen LogP contribution in [0, 0.1) is 5.82 Å². The molecule has 0 aliphatic carbocycles. The summed E-state index contributed by atoms with van der Waals surface area (Å²) in [4.78, 5) is 23.6. The predicted octanol–water partition coefficient (Wildman–Crippen LogP) is 4.62. The molecule has 4 rings (SSSR count). The molecule has 1 amide bonds. The Labute approximate surface area is 213 Å². The molecule has 1 aliphatic heterocycles. The van der Waals surface area contributed by atoms with E-state index in [-0.39, 0.29) is 35.7 Å². The number of anilines is 1. The third-order valence-electron chi connectivity index (χ3n) is 5.83. The second-order valence-corrected chi connectivity index (χ2v) is 9.04. The number of amides is 1. The molecule has 7 nitrogen and oxygen atoms in total. The molecule has 1 aromatic heterocycles. The highest BCUT2D eigenvalue weighted by atomic mass is 35.5. The van der Waals surface area contributed by atoms with Crippen molar-refractivity contribution in [3.8, 4) is 17.1 Å². The Morgan fingerprint density at radius 2 is 2.00 bits per heavy atom. The molecule has 35 heavy (non-hydrogen) atoms. The maximum atomic E-state index is 13.7. The van der Waals surface area contributed by atoms with Crippen molar-refractivity contribution in [3.05, 3.63) is 69.6 Å². The van der Waals surface area contributed by atoms with Gasteiger partial charge in [0.1, 0.15) is 5.82 Å². The lowest BCUT2D eigenvalue weighted by Crippen LogP contribution is -2.33. The van der Waals surface area contributed by atoms with Gasteiger partial charge in [0, 0.05) is 35.7 Å². The minimum atomic E-state index is -0.549. The molecule has 3 aromatic rings. The summed E-state index contributed by atoms with van der Waals surface area (Å²) >= 11 is 12.1. The van der Waals surface area contributed by atoms with Gasteiger partial charge in [0.15, 0.2) is 5.82 Å². The van der Waals surface area contributed by atoms with Crippen molar-refractivity contribution in [3.63, 3.8) is 0 Å². The SMILES string of the molecule is Nc1ncc(-c2cccc(C(=O)NCCN3CCCC3)c2)nc1OCCc1c(Cl)ccc(F)c1Cl. The molecule has 2 heterocycles. The van der Waals surface area contributed by atoms with Gasteiger partial charge in [-0.3, -0.25) is 4.79 Å². The largest absolute Gasteiger partial charge is 0.475 e. The number of carbonyl (C=O) groups is 1. The van der Waals surface area contributed by atoms with Crippen LogP contribution in [0.1, 0.15) is 28.8 Å². The van der Waals surface area contributed by atoms with Crippen LogP contribution in [-0.4, -0.2) is 53.6 Å². The van der Waals surface area contributed by atoms with Gasteiger partial charge >= 0.3 is 0 Å². The molecule has 1 saturated heterocycles. The molecule has 0 spiro atoms. The summed E-state index contributed by atoms with van der Waals surface area (Å²) in [6.45, 7) is 3.75. The van der Waals surface area contributed by atoms with Crippen molar-refractivity contribution in [2.45, 2.75) is 19.3 Å². The minimum Gasteiger partial charge on any atom is -0.475 e. The summed E-state index contributed by atoms with van der Waals surface area (Å²) in [6.07, 6.45) is 4.22. The summed E-state index contributed by atoms with van der Waals surface area (Å²) in [5, 5.41) is 3.28. The zero-order valence-electron chi connectivity index (χ0n) is 19.1. The molecule has 3 N–H and O–H groups in total. The number of likely N-dealkylation sites (tertiary alicyclic amines) is 1. The number of hydrogen-bond acceptors (Lipinski definition) is 6.